The van der Waals surface area contributed by atoms with Gasteiger partial charge in [0.05, 0.1) is 35.2 Å². The molecule has 320 valence electrons. The van der Waals surface area contributed by atoms with Crippen LogP contribution in [-0.2, 0) is 11.8 Å². The summed E-state index contributed by atoms with van der Waals surface area (Å²) in [6.45, 7) is 4.39. The van der Waals surface area contributed by atoms with Crippen LogP contribution < -0.4 is 9.44 Å². The zero-order chi connectivity index (χ0) is 42.0. The summed E-state index contributed by atoms with van der Waals surface area (Å²) in [6.07, 6.45) is 16.4. The Labute approximate surface area is 369 Å². The number of unbranched alkanes of at least 4 members (excludes halogenated alkanes) is 14. The van der Waals surface area contributed by atoms with Gasteiger partial charge in [-0.3, -0.25) is 0 Å². The maximum absolute atomic E-state index is 15.5. The molecule has 3 aromatic heterocycles. The molecule has 60 heavy (non-hydrogen) atoms. The molecule has 0 amide bonds. The van der Waals surface area contributed by atoms with Crippen molar-refractivity contribution in [2.75, 3.05) is 9.44 Å². The lowest BCUT2D eigenvalue weighted by Gasteiger charge is -2.17. The second kappa shape index (κ2) is 21.1. The monoisotopic (exact) mass is 892 g/mol. The first kappa shape index (κ1) is 44.6. The van der Waals surface area contributed by atoms with Crippen LogP contribution in [0.25, 0.3) is 52.8 Å². The van der Waals surface area contributed by atoms with Crippen LogP contribution in [0.15, 0.2) is 72.8 Å². The highest BCUT2D eigenvalue weighted by Crippen LogP contribution is 2.54. The van der Waals surface area contributed by atoms with Gasteiger partial charge in [-0.25, -0.2) is 17.6 Å². The minimum Gasteiger partial charge on any atom is -0.309 e. The molecule has 1 aliphatic rings. The number of hydrogen-bond acceptors (Lipinski definition) is 8. The fraction of sp³-hybridized carbons (Fsp3) is 0.458. The molecule has 0 atom stereocenters. The van der Waals surface area contributed by atoms with Gasteiger partial charge in [0.1, 0.15) is 11.0 Å². The van der Waals surface area contributed by atoms with Crippen molar-refractivity contribution in [1.29, 1.82) is 0 Å². The van der Waals surface area contributed by atoms with Crippen molar-refractivity contribution in [1.82, 2.24) is 8.75 Å². The second-order valence-electron chi connectivity index (χ2n) is 16.1. The number of fused-ring (bicyclic) bond motifs is 2. The largest absolute Gasteiger partial charge is 0.309 e. The van der Waals surface area contributed by atoms with E-state index in [-0.39, 0.29) is 24.0 Å². The molecule has 0 spiro atoms. The maximum atomic E-state index is 15.5. The molecule has 4 heterocycles. The first-order chi connectivity index (χ1) is 29.2. The van der Waals surface area contributed by atoms with Crippen LogP contribution in [0.5, 0.6) is 0 Å². The molecule has 1 aliphatic heterocycles. The molecule has 7 rings (SSSR count). The lowest BCUT2D eigenvalue weighted by atomic mass is 9.98. The van der Waals surface area contributed by atoms with Crippen LogP contribution in [0.2, 0.25) is 0 Å². The lowest BCUT2D eigenvalue weighted by molar-refractivity contribution is -0.0163. The Hall–Kier alpha value is -3.45. The minimum absolute atomic E-state index is 0.0612. The van der Waals surface area contributed by atoms with Gasteiger partial charge in [0, 0.05) is 54.6 Å². The average Bonchev–Trinajstić information content (AvgIpc) is 4.10. The van der Waals surface area contributed by atoms with Gasteiger partial charge in [-0.15, -0.1) is 22.7 Å². The van der Waals surface area contributed by atoms with E-state index in [1.54, 1.807) is 59.1 Å². The third kappa shape index (κ3) is 10.8. The summed E-state index contributed by atoms with van der Waals surface area (Å²) in [7, 11) is 0. The van der Waals surface area contributed by atoms with Crippen LogP contribution in [0.1, 0.15) is 141 Å². The quantitative estimate of drug-likeness (QED) is 0.0360. The van der Waals surface area contributed by atoms with Crippen LogP contribution in [-0.4, -0.2) is 8.75 Å². The number of benzene rings is 3. The van der Waals surface area contributed by atoms with Crippen molar-refractivity contribution in [3.63, 3.8) is 0 Å². The highest BCUT2D eigenvalue weighted by atomic mass is 32.2. The molecular formula is C48H56F4N4S4. The van der Waals surface area contributed by atoms with E-state index < -0.39 is 11.8 Å². The first-order valence-corrected chi connectivity index (χ1v) is 25.1. The number of halogens is 4. The van der Waals surface area contributed by atoms with Crippen molar-refractivity contribution >= 4 is 68.9 Å². The lowest BCUT2D eigenvalue weighted by Crippen LogP contribution is -2.13. The Kier molecular flexibility index (Phi) is 15.7. The van der Waals surface area contributed by atoms with Crippen LogP contribution in [0, 0.1) is 0 Å². The van der Waals surface area contributed by atoms with Crippen molar-refractivity contribution < 1.29 is 17.6 Å². The number of nitrogens with zero attached hydrogens (tertiary/aromatic N) is 2. The molecule has 0 unspecified atom stereocenters. The van der Waals surface area contributed by atoms with Gasteiger partial charge in [0.25, 0.3) is 11.8 Å². The van der Waals surface area contributed by atoms with Crippen molar-refractivity contribution in [3.8, 4) is 41.8 Å². The summed E-state index contributed by atoms with van der Waals surface area (Å²) in [6, 6.07) is 21.7. The summed E-state index contributed by atoms with van der Waals surface area (Å²) in [5.74, 6) is -5.77. The topological polar surface area (TPSA) is 49.8 Å². The fourth-order valence-corrected chi connectivity index (χ4v) is 11.5. The third-order valence-corrected chi connectivity index (χ3v) is 15.0. The van der Waals surface area contributed by atoms with Gasteiger partial charge in [0.2, 0.25) is 0 Å². The number of nitrogens with one attached hydrogen (secondary N) is 2. The highest BCUT2D eigenvalue weighted by molar-refractivity contribution is 8.02. The number of hydrogen-bond donors (Lipinski definition) is 2. The van der Waals surface area contributed by atoms with Crippen LogP contribution in [0.3, 0.4) is 0 Å². The van der Waals surface area contributed by atoms with E-state index in [0.29, 0.717) is 12.8 Å². The predicted octanol–water partition coefficient (Wildman–Crippen LogP) is 18.1. The Morgan fingerprint density at radius 2 is 0.867 bits per heavy atom. The standard InChI is InChI=1S/C48H56F4N4S4/c1-3-5-7-9-11-13-15-17-29-47(49,50)35-23-19-21-33(31-35)37-25-27-39(57-37)41-43-45(55-59-53-43)42(46-44(41)54-60-56-46)40-28-26-38(58-40)34-22-20-24-36(32-34)48(51,52)30-18-16-14-12-10-8-6-4-2/h19-28,31-32,53,55H,3-18,29-30H2,1-2H3. The van der Waals surface area contributed by atoms with E-state index in [0.717, 1.165) is 114 Å². The van der Waals surface area contributed by atoms with Gasteiger partial charge in [-0.05, 0) is 60.4 Å². The molecule has 0 bridgehead atoms. The molecular weight excluding hydrogens is 837 g/mol. The zero-order valence-corrected chi connectivity index (χ0v) is 38.0. The maximum Gasteiger partial charge on any atom is 0.273 e. The zero-order valence-electron chi connectivity index (χ0n) is 34.7. The summed E-state index contributed by atoms with van der Waals surface area (Å²) in [4.78, 5) is 3.71. The number of anilines is 2. The van der Waals surface area contributed by atoms with E-state index in [2.05, 4.69) is 23.3 Å². The summed E-state index contributed by atoms with van der Waals surface area (Å²) < 4.78 is 78.3. The molecule has 0 aliphatic carbocycles. The van der Waals surface area contributed by atoms with Gasteiger partial charge >= 0.3 is 0 Å². The third-order valence-electron chi connectivity index (χ3n) is 11.6. The van der Waals surface area contributed by atoms with Crippen molar-refractivity contribution in [2.45, 2.75) is 141 Å². The van der Waals surface area contributed by atoms with Gasteiger partial charge in [-0.1, -0.05) is 140 Å². The fourth-order valence-electron chi connectivity index (χ4n) is 8.12. The van der Waals surface area contributed by atoms with E-state index in [4.69, 9.17) is 8.75 Å². The van der Waals surface area contributed by atoms with Crippen molar-refractivity contribution in [2.24, 2.45) is 0 Å². The first-order valence-electron chi connectivity index (χ1n) is 21.9. The van der Waals surface area contributed by atoms with E-state index >= 15 is 17.6 Å². The molecule has 0 saturated carbocycles. The molecule has 0 fully saturated rings. The Balaban J connectivity index is 1.07. The predicted molar refractivity (Wildman–Crippen MR) is 252 cm³/mol. The van der Waals surface area contributed by atoms with Crippen LogP contribution >= 0.6 is 46.5 Å². The number of rotatable bonds is 24. The normalized spacial score (nSPS) is 12.9. The molecule has 0 saturated heterocycles. The van der Waals surface area contributed by atoms with Crippen LogP contribution in [0.4, 0.5) is 28.9 Å². The van der Waals surface area contributed by atoms with E-state index in [1.807, 2.05) is 36.4 Å². The average molecular weight is 893 g/mol. The summed E-state index contributed by atoms with van der Waals surface area (Å²) >= 11 is 5.61. The number of alkyl halides is 4. The van der Waals surface area contributed by atoms with E-state index in [1.165, 1.54) is 63.5 Å². The van der Waals surface area contributed by atoms with E-state index in [9.17, 15) is 0 Å². The molecule has 4 nitrogen and oxygen atoms in total. The van der Waals surface area contributed by atoms with Gasteiger partial charge in [0.15, 0.2) is 0 Å². The summed E-state index contributed by atoms with van der Waals surface area (Å²) in [5.41, 5.74) is 6.74. The Morgan fingerprint density at radius 1 is 0.483 bits per heavy atom. The molecule has 12 heteroatoms. The SMILES string of the molecule is CCCCCCCCCCC(F)(F)c1cccc(-c2ccc(-c3c4c(c(-c5ccc(-c6cccc(C(F)(F)CCCCCCCCCC)c6)s5)c5nsnc35)NSN4)s2)c1. The van der Waals surface area contributed by atoms with Crippen molar-refractivity contribution in [3.05, 3.63) is 83.9 Å². The van der Waals surface area contributed by atoms with Gasteiger partial charge in [-0.2, -0.15) is 8.75 Å². The summed E-state index contributed by atoms with van der Waals surface area (Å²) in [5, 5.41) is 0. The molecule has 3 aromatic carbocycles. The Morgan fingerprint density at radius 3 is 1.28 bits per heavy atom. The molecule has 6 aromatic rings. The molecule has 2 N–H and O–H groups in total. The van der Waals surface area contributed by atoms with Gasteiger partial charge < -0.3 is 9.44 Å². The highest BCUT2D eigenvalue weighted by Gasteiger charge is 2.33. The minimum atomic E-state index is -2.89. The Bertz CT molecular complexity index is 2140. The number of thiophene rings is 2. The molecule has 0 radical (unpaired) electrons. The number of aromatic nitrogens is 2. The second-order valence-corrected chi connectivity index (χ2v) is 19.4. The smallest absolute Gasteiger partial charge is 0.273 e.